The van der Waals surface area contributed by atoms with Crippen molar-refractivity contribution in [1.82, 2.24) is 0 Å². The molecule has 0 spiro atoms. The number of carboxylic acids is 1. The molecule has 0 saturated heterocycles. The maximum atomic E-state index is 13.0. The molecule has 0 aliphatic rings. The van der Waals surface area contributed by atoms with Crippen LogP contribution in [-0.2, 0) is 9.53 Å². The molecule has 1 atom stereocenters. The van der Waals surface area contributed by atoms with Crippen LogP contribution in [0.5, 0.6) is 0 Å². The Kier molecular flexibility index (Phi) is 4.92. The minimum atomic E-state index is -0.929. The zero-order chi connectivity index (χ0) is 12.0. The number of aliphatic carboxylic acids is 1. The first-order valence-corrected chi connectivity index (χ1v) is 5.12. The molecule has 3 nitrogen and oxygen atoms in total. The Balaban J connectivity index is 2.73. The number of halogens is 1. The van der Waals surface area contributed by atoms with Gasteiger partial charge in [0, 0.05) is 13.7 Å². The molecule has 0 fully saturated rings. The number of ether oxygens (including phenoxy) is 1. The second-order valence-electron chi connectivity index (χ2n) is 3.58. The van der Waals surface area contributed by atoms with E-state index in [9.17, 15) is 9.18 Å². The van der Waals surface area contributed by atoms with Crippen LogP contribution in [0.25, 0.3) is 0 Å². The molecule has 4 heteroatoms. The first-order valence-electron chi connectivity index (χ1n) is 5.12. The molecule has 0 heterocycles. The van der Waals surface area contributed by atoms with Crippen LogP contribution < -0.4 is 0 Å². The van der Waals surface area contributed by atoms with E-state index in [2.05, 4.69) is 0 Å². The van der Waals surface area contributed by atoms with Gasteiger partial charge in [0.15, 0.2) is 0 Å². The first kappa shape index (κ1) is 12.6. The summed E-state index contributed by atoms with van der Waals surface area (Å²) in [7, 11) is 1.57. The van der Waals surface area contributed by atoms with Gasteiger partial charge in [-0.3, -0.25) is 4.79 Å². The number of hydrogen-bond donors (Lipinski definition) is 1. The van der Waals surface area contributed by atoms with Crippen LogP contribution >= 0.6 is 0 Å². The van der Waals surface area contributed by atoms with E-state index in [1.807, 2.05) is 0 Å². The van der Waals surface area contributed by atoms with Crippen molar-refractivity contribution < 1.29 is 19.0 Å². The molecule has 0 bridgehead atoms. The summed E-state index contributed by atoms with van der Waals surface area (Å²) < 4.78 is 17.8. The number of benzene rings is 1. The Hall–Kier alpha value is -1.42. The van der Waals surface area contributed by atoms with Crippen LogP contribution in [-0.4, -0.2) is 24.8 Å². The first-order chi connectivity index (χ1) is 7.65. The van der Waals surface area contributed by atoms with Crippen molar-refractivity contribution in [3.8, 4) is 0 Å². The molecule has 1 aromatic carbocycles. The lowest BCUT2D eigenvalue weighted by Gasteiger charge is -2.12. The van der Waals surface area contributed by atoms with Gasteiger partial charge in [0.25, 0.3) is 0 Å². The van der Waals surface area contributed by atoms with Crippen molar-refractivity contribution in [3.63, 3.8) is 0 Å². The second-order valence-corrected chi connectivity index (χ2v) is 3.58. The van der Waals surface area contributed by atoms with E-state index in [1.54, 1.807) is 13.2 Å². The monoisotopic (exact) mass is 226 g/mol. The Morgan fingerprint density at radius 2 is 2.31 bits per heavy atom. The van der Waals surface area contributed by atoms with E-state index in [4.69, 9.17) is 9.84 Å². The third-order valence-electron chi connectivity index (χ3n) is 2.39. The van der Waals surface area contributed by atoms with Crippen LogP contribution in [0.4, 0.5) is 4.39 Å². The molecule has 0 radical (unpaired) electrons. The quantitative estimate of drug-likeness (QED) is 0.758. The third kappa shape index (κ3) is 3.62. The largest absolute Gasteiger partial charge is 0.481 e. The van der Waals surface area contributed by atoms with Gasteiger partial charge in [-0.15, -0.1) is 0 Å². The van der Waals surface area contributed by atoms with Gasteiger partial charge >= 0.3 is 5.97 Å². The van der Waals surface area contributed by atoms with Gasteiger partial charge in [-0.1, -0.05) is 12.1 Å². The van der Waals surface area contributed by atoms with E-state index >= 15 is 0 Å². The summed E-state index contributed by atoms with van der Waals surface area (Å²) in [4.78, 5) is 11.0. The van der Waals surface area contributed by atoms with Crippen molar-refractivity contribution in [2.45, 2.75) is 18.8 Å². The Labute approximate surface area is 93.9 Å². The SMILES string of the molecule is COCCCC(C(=O)O)c1cccc(F)c1. The lowest BCUT2D eigenvalue weighted by Crippen LogP contribution is -2.12. The number of hydrogen-bond acceptors (Lipinski definition) is 2. The Morgan fingerprint density at radius 3 is 2.88 bits per heavy atom. The summed E-state index contributed by atoms with van der Waals surface area (Å²) >= 11 is 0. The third-order valence-corrected chi connectivity index (χ3v) is 2.39. The zero-order valence-electron chi connectivity index (χ0n) is 9.15. The van der Waals surface area contributed by atoms with Gasteiger partial charge in [-0.25, -0.2) is 4.39 Å². The molecular formula is C12H15FO3. The van der Waals surface area contributed by atoms with Crippen molar-refractivity contribution >= 4 is 5.97 Å². The standard InChI is InChI=1S/C12H15FO3/c1-16-7-3-6-11(12(14)15)9-4-2-5-10(13)8-9/h2,4-5,8,11H,3,6-7H2,1H3,(H,14,15). The summed E-state index contributed by atoms with van der Waals surface area (Å²) in [5.74, 6) is -2.00. The van der Waals surface area contributed by atoms with Crippen molar-refractivity contribution in [2.24, 2.45) is 0 Å². The van der Waals surface area contributed by atoms with Crippen LogP contribution in [0.2, 0.25) is 0 Å². The predicted molar refractivity (Wildman–Crippen MR) is 57.9 cm³/mol. The number of methoxy groups -OCH3 is 1. The summed E-state index contributed by atoms with van der Waals surface area (Å²) in [5, 5.41) is 9.05. The maximum Gasteiger partial charge on any atom is 0.310 e. The normalized spacial score (nSPS) is 12.4. The molecule has 0 aliphatic heterocycles. The van der Waals surface area contributed by atoms with Gasteiger partial charge in [0.05, 0.1) is 5.92 Å². The minimum absolute atomic E-state index is 0.407. The van der Waals surface area contributed by atoms with Crippen LogP contribution in [0, 0.1) is 5.82 Å². The van der Waals surface area contributed by atoms with Crippen molar-refractivity contribution in [3.05, 3.63) is 35.6 Å². The zero-order valence-corrected chi connectivity index (χ0v) is 9.15. The van der Waals surface area contributed by atoms with Crippen LogP contribution in [0.1, 0.15) is 24.3 Å². The fourth-order valence-corrected chi connectivity index (χ4v) is 1.59. The summed E-state index contributed by atoms with van der Waals surface area (Å²) in [5.41, 5.74) is 0.503. The molecule has 1 aromatic rings. The number of rotatable bonds is 6. The maximum absolute atomic E-state index is 13.0. The molecule has 1 unspecified atom stereocenters. The summed E-state index contributed by atoms with van der Waals surface area (Å²) in [6.45, 7) is 0.513. The molecule has 0 aliphatic carbocycles. The van der Waals surface area contributed by atoms with Gasteiger partial charge < -0.3 is 9.84 Å². The molecular weight excluding hydrogens is 211 g/mol. The van der Waals surface area contributed by atoms with Gasteiger partial charge in [0.1, 0.15) is 5.82 Å². The molecule has 0 amide bonds. The van der Waals surface area contributed by atoms with Crippen LogP contribution in [0.3, 0.4) is 0 Å². The fraction of sp³-hybridized carbons (Fsp3) is 0.417. The average molecular weight is 226 g/mol. The smallest absolute Gasteiger partial charge is 0.310 e. The highest BCUT2D eigenvalue weighted by Gasteiger charge is 2.19. The van der Waals surface area contributed by atoms with E-state index in [0.717, 1.165) is 0 Å². The Bertz CT molecular complexity index is 352. The highest BCUT2D eigenvalue weighted by molar-refractivity contribution is 5.75. The summed E-state index contributed by atoms with van der Waals surface area (Å²) in [6, 6.07) is 5.73. The van der Waals surface area contributed by atoms with E-state index in [-0.39, 0.29) is 0 Å². The highest BCUT2D eigenvalue weighted by atomic mass is 19.1. The van der Waals surface area contributed by atoms with Gasteiger partial charge in [-0.2, -0.15) is 0 Å². The minimum Gasteiger partial charge on any atom is -0.481 e. The van der Waals surface area contributed by atoms with Gasteiger partial charge in [-0.05, 0) is 30.5 Å². The Morgan fingerprint density at radius 1 is 1.56 bits per heavy atom. The lowest BCUT2D eigenvalue weighted by molar-refractivity contribution is -0.139. The van der Waals surface area contributed by atoms with E-state index in [0.29, 0.717) is 25.0 Å². The summed E-state index contributed by atoms with van der Waals surface area (Å²) in [6.07, 6.45) is 1.09. The van der Waals surface area contributed by atoms with E-state index < -0.39 is 17.7 Å². The number of carboxylic acid groups (broad SMARTS) is 1. The highest BCUT2D eigenvalue weighted by Crippen LogP contribution is 2.22. The predicted octanol–water partition coefficient (Wildman–Crippen LogP) is 2.42. The average Bonchev–Trinajstić information content (AvgIpc) is 2.24. The van der Waals surface area contributed by atoms with Crippen LogP contribution in [0.15, 0.2) is 24.3 Å². The lowest BCUT2D eigenvalue weighted by atomic mass is 9.94. The van der Waals surface area contributed by atoms with Gasteiger partial charge in [0.2, 0.25) is 0 Å². The molecule has 88 valence electrons. The molecule has 0 aromatic heterocycles. The second kappa shape index (κ2) is 6.23. The molecule has 1 N–H and O–H groups in total. The fourth-order valence-electron chi connectivity index (χ4n) is 1.59. The molecule has 0 saturated carbocycles. The molecule has 16 heavy (non-hydrogen) atoms. The molecule has 1 rings (SSSR count). The van der Waals surface area contributed by atoms with Crippen molar-refractivity contribution in [2.75, 3.05) is 13.7 Å². The van der Waals surface area contributed by atoms with Crippen molar-refractivity contribution in [1.29, 1.82) is 0 Å². The topological polar surface area (TPSA) is 46.5 Å². The number of carbonyl (C=O) groups is 1. The van der Waals surface area contributed by atoms with E-state index in [1.165, 1.54) is 18.2 Å².